The minimum Gasteiger partial charge on any atom is -0.377 e. The normalized spacial score (nSPS) is 15.2. The Morgan fingerprint density at radius 1 is 1.29 bits per heavy atom. The number of nitrogens with one attached hydrogen (secondary N) is 1. The summed E-state index contributed by atoms with van der Waals surface area (Å²) in [4.78, 5) is 2.22. The summed E-state index contributed by atoms with van der Waals surface area (Å²) in [5.74, 6) is 0. The lowest BCUT2D eigenvalue weighted by Crippen LogP contribution is -2.56. The van der Waals surface area contributed by atoms with Crippen LogP contribution in [0.15, 0.2) is 0 Å². The summed E-state index contributed by atoms with van der Waals surface area (Å²) in [5, 5.41) is 3.31. The van der Waals surface area contributed by atoms with Gasteiger partial charge in [-0.05, 0) is 48.8 Å². The Hall–Kier alpha value is -0.120. The number of nitrogens with zero attached hydrogens (tertiary/aromatic N) is 1. The molecule has 0 spiro atoms. The van der Waals surface area contributed by atoms with Gasteiger partial charge in [-0.3, -0.25) is 0 Å². The van der Waals surface area contributed by atoms with Gasteiger partial charge < -0.3 is 15.0 Å². The van der Waals surface area contributed by atoms with Crippen molar-refractivity contribution in [1.82, 2.24) is 10.2 Å². The summed E-state index contributed by atoms with van der Waals surface area (Å²) in [6.07, 6.45) is 0.295. The van der Waals surface area contributed by atoms with E-state index in [9.17, 15) is 0 Å². The van der Waals surface area contributed by atoms with Gasteiger partial charge in [0.25, 0.3) is 0 Å². The Bertz CT molecular complexity index is 155. The first-order chi connectivity index (χ1) is 6.32. The van der Waals surface area contributed by atoms with Crippen LogP contribution >= 0.6 is 0 Å². The molecule has 1 atom stereocenters. The standard InChI is InChI=1S/C11H26N2O/c1-9(2)14-8-10(12-5)11(3,4)13(6)7/h9-10,12H,8H2,1-7H3. The zero-order valence-electron chi connectivity index (χ0n) is 10.7. The predicted molar refractivity (Wildman–Crippen MR) is 61.7 cm³/mol. The molecular weight excluding hydrogens is 176 g/mol. The van der Waals surface area contributed by atoms with Gasteiger partial charge in [-0.1, -0.05) is 0 Å². The summed E-state index contributed by atoms with van der Waals surface area (Å²) < 4.78 is 5.64. The lowest BCUT2D eigenvalue weighted by molar-refractivity contribution is 0.0214. The summed E-state index contributed by atoms with van der Waals surface area (Å²) in [5.41, 5.74) is 0.101. The van der Waals surface area contributed by atoms with Crippen molar-refractivity contribution in [2.24, 2.45) is 0 Å². The third-order valence-corrected chi connectivity index (χ3v) is 2.95. The molecule has 0 rings (SSSR count). The molecule has 0 aromatic carbocycles. The first-order valence-corrected chi connectivity index (χ1v) is 5.28. The van der Waals surface area contributed by atoms with E-state index in [4.69, 9.17) is 4.74 Å². The Morgan fingerprint density at radius 3 is 2.07 bits per heavy atom. The van der Waals surface area contributed by atoms with Crippen LogP contribution in [0.2, 0.25) is 0 Å². The molecular formula is C11H26N2O. The van der Waals surface area contributed by atoms with Crippen LogP contribution in [-0.4, -0.2) is 50.3 Å². The monoisotopic (exact) mass is 202 g/mol. The van der Waals surface area contributed by atoms with E-state index in [-0.39, 0.29) is 5.54 Å². The maximum Gasteiger partial charge on any atom is 0.0640 e. The lowest BCUT2D eigenvalue weighted by Gasteiger charge is -2.40. The summed E-state index contributed by atoms with van der Waals surface area (Å²) in [6.45, 7) is 9.32. The van der Waals surface area contributed by atoms with Gasteiger partial charge in [0.05, 0.1) is 12.7 Å². The number of hydrogen-bond acceptors (Lipinski definition) is 3. The fraction of sp³-hybridized carbons (Fsp3) is 1.00. The lowest BCUT2D eigenvalue weighted by atomic mass is 9.94. The predicted octanol–water partition coefficient (Wildman–Crippen LogP) is 1.34. The van der Waals surface area contributed by atoms with E-state index >= 15 is 0 Å². The first kappa shape index (κ1) is 13.9. The zero-order valence-corrected chi connectivity index (χ0v) is 10.7. The number of rotatable bonds is 6. The van der Waals surface area contributed by atoms with Gasteiger partial charge in [0.1, 0.15) is 0 Å². The molecule has 0 aliphatic rings. The van der Waals surface area contributed by atoms with Crippen LogP contribution in [0.5, 0.6) is 0 Å². The van der Waals surface area contributed by atoms with E-state index < -0.39 is 0 Å². The molecule has 0 saturated carbocycles. The SMILES string of the molecule is CNC(COC(C)C)C(C)(C)N(C)C. The van der Waals surface area contributed by atoms with Crippen LogP contribution in [0.1, 0.15) is 27.7 Å². The second-order valence-electron chi connectivity index (χ2n) is 4.77. The molecule has 0 fully saturated rings. The van der Waals surface area contributed by atoms with Crippen LogP contribution < -0.4 is 5.32 Å². The van der Waals surface area contributed by atoms with Crippen molar-refractivity contribution in [2.75, 3.05) is 27.7 Å². The van der Waals surface area contributed by atoms with Gasteiger partial charge in [-0.15, -0.1) is 0 Å². The first-order valence-electron chi connectivity index (χ1n) is 5.28. The number of ether oxygens (including phenoxy) is 1. The van der Waals surface area contributed by atoms with Crippen molar-refractivity contribution < 1.29 is 4.74 Å². The summed E-state index contributed by atoms with van der Waals surface area (Å²) >= 11 is 0. The molecule has 0 radical (unpaired) electrons. The smallest absolute Gasteiger partial charge is 0.0640 e. The van der Waals surface area contributed by atoms with Crippen LogP contribution in [0.25, 0.3) is 0 Å². The largest absolute Gasteiger partial charge is 0.377 e. The topological polar surface area (TPSA) is 24.5 Å². The van der Waals surface area contributed by atoms with Gasteiger partial charge >= 0.3 is 0 Å². The number of hydrogen-bond donors (Lipinski definition) is 1. The quantitative estimate of drug-likeness (QED) is 0.703. The molecule has 3 heteroatoms. The van der Waals surface area contributed by atoms with Crippen molar-refractivity contribution in [3.63, 3.8) is 0 Å². The third kappa shape index (κ3) is 3.95. The average molecular weight is 202 g/mol. The van der Waals surface area contributed by atoms with Gasteiger partial charge in [-0.2, -0.15) is 0 Å². The molecule has 1 unspecified atom stereocenters. The highest BCUT2D eigenvalue weighted by Gasteiger charge is 2.30. The second kappa shape index (κ2) is 5.69. The maximum absolute atomic E-state index is 5.64. The third-order valence-electron chi connectivity index (χ3n) is 2.95. The summed E-state index contributed by atoms with van der Waals surface area (Å²) in [6, 6.07) is 0.347. The molecule has 0 aliphatic carbocycles. The van der Waals surface area contributed by atoms with Crippen molar-refractivity contribution in [3.05, 3.63) is 0 Å². The number of likely N-dealkylation sites (N-methyl/N-ethyl adjacent to an activating group) is 2. The van der Waals surface area contributed by atoms with Gasteiger partial charge in [0.15, 0.2) is 0 Å². The fourth-order valence-corrected chi connectivity index (χ4v) is 1.24. The molecule has 0 aromatic rings. The molecule has 3 nitrogen and oxygen atoms in total. The van der Waals surface area contributed by atoms with Crippen molar-refractivity contribution in [2.45, 2.75) is 45.4 Å². The summed E-state index contributed by atoms with van der Waals surface area (Å²) in [7, 11) is 6.18. The van der Waals surface area contributed by atoms with Gasteiger partial charge in [0.2, 0.25) is 0 Å². The maximum atomic E-state index is 5.64. The van der Waals surface area contributed by atoms with Crippen LogP contribution in [-0.2, 0) is 4.74 Å². The Balaban J connectivity index is 4.25. The average Bonchev–Trinajstić information content (AvgIpc) is 2.04. The fourth-order valence-electron chi connectivity index (χ4n) is 1.24. The van der Waals surface area contributed by atoms with E-state index in [0.29, 0.717) is 12.1 Å². The van der Waals surface area contributed by atoms with Gasteiger partial charge in [-0.25, -0.2) is 0 Å². The highest BCUT2D eigenvalue weighted by Crippen LogP contribution is 2.16. The molecule has 0 saturated heterocycles. The molecule has 0 aromatic heterocycles. The van der Waals surface area contributed by atoms with Crippen LogP contribution in [0.4, 0.5) is 0 Å². The molecule has 1 N–H and O–H groups in total. The second-order valence-corrected chi connectivity index (χ2v) is 4.77. The Labute approximate surface area is 88.8 Å². The van der Waals surface area contributed by atoms with E-state index in [1.807, 2.05) is 7.05 Å². The minimum absolute atomic E-state index is 0.101. The van der Waals surface area contributed by atoms with E-state index in [1.54, 1.807) is 0 Å². The molecule has 0 bridgehead atoms. The van der Waals surface area contributed by atoms with E-state index in [2.05, 4.69) is 52.0 Å². The highest BCUT2D eigenvalue weighted by molar-refractivity contribution is 4.90. The molecule has 0 amide bonds. The molecule has 0 aliphatic heterocycles. The minimum atomic E-state index is 0.101. The molecule has 86 valence electrons. The highest BCUT2D eigenvalue weighted by atomic mass is 16.5. The van der Waals surface area contributed by atoms with E-state index in [0.717, 1.165) is 6.61 Å². The van der Waals surface area contributed by atoms with Gasteiger partial charge in [0, 0.05) is 11.6 Å². The molecule has 14 heavy (non-hydrogen) atoms. The van der Waals surface area contributed by atoms with Crippen molar-refractivity contribution in [1.29, 1.82) is 0 Å². The van der Waals surface area contributed by atoms with Crippen LogP contribution in [0.3, 0.4) is 0 Å². The van der Waals surface area contributed by atoms with Crippen molar-refractivity contribution >= 4 is 0 Å². The molecule has 0 heterocycles. The van der Waals surface area contributed by atoms with Crippen LogP contribution in [0, 0.1) is 0 Å². The Morgan fingerprint density at radius 2 is 1.79 bits per heavy atom. The zero-order chi connectivity index (χ0) is 11.4. The Kier molecular flexibility index (Phi) is 5.64. The van der Waals surface area contributed by atoms with E-state index in [1.165, 1.54) is 0 Å². The van der Waals surface area contributed by atoms with Crippen molar-refractivity contribution in [3.8, 4) is 0 Å².